The average Bonchev–Trinajstić information content (AvgIpc) is 2.97. The van der Waals surface area contributed by atoms with Crippen molar-refractivity contribution >= 4 is 0 Å². The van der Waals surface area contributed by atoms with Gasteiger partial charge in [-0.15, -0.1) is 0 Å². The molecule has 0 aliphatic carbocycles. The minimum atomic E-state index is 0.0697. The summed E-state index contributed by atoms with van der Waals surface area (Å²) in [6.45, 7) is 7.69. The summed E-state index contributed by atoms with van der Waals surface area (Å²) < 4.78 is 23.6. The highest BCUT2D eigenvalue weighted by molar-refractivity contribution is 5.69. The normalized spacial score (nSPS) is 13.7. The van der Waals surface area contributed by atoms with Crippen LogP contribution < -0.4 is 24.3 Å². The minimum Gasteiger partial charge on any atom is -0.496 e. The second-order valence-electron chi connectivity index (χ2n) is 9.86. The van der Waals surface area contributed by atoms with Crippen LogP contribution in [-0.2, 0) is 13.2 Å². The molecule has 210 valence electrons. The van der Waals surface area contributed by atoms with E-state index in [0.29, 0.717) is 43.6 Å². The first kappa shape index (κ1) is 28.7. The number of likely N-dealkylation sites (tertiary alicyclic amines) is 1. The van der Waals surface area contributed by atoms with E-state index in [4.69, 9.17) is 24.1 Å². The number of rotatable bonds is 14. The molecule has 7 heteroatoms. The molecule has 0 radical (unpaired) electrons. The van der Waals surface area contributed by atoms with Crippen molar-refractivity contribution in [2.75, 3.05) is 53.6 Å². The maximum absolute atomic E-state index is 9.07. The number of nitrogens with one attached hydrogen (secondary N) is 1. The Bertz CT molecular complexity index is 1170. The van der Waals surface area contributed by atoms with Crippen molar-refractivity contribution in [1.82, 2.24) is 10.2 Å². The fourth-order valence-electron chi connectivity index (χ4n) is 5.05. The van der Waals surface area contributed by atoms with E-state index in [9.17, 15) is 0 Å². The largest absolute Gasteiger partial charge is 0.496 e. The number of methoxy groups -OCH3 is 2. The summed E-state index contributed by atoms with van der Waals surface area (Å²) in [6.07, 6.45) is 3.94. The van der Waals surface area contributed by atoms with Gasteiger partial charge in [0.2, 0.25) is 0 Å². The van der Waals surface area contributed by atoms with Crippen LogP contribution in [0.15, 0.2) is 54.6 Å². The van der Waals surface area contributed by atoms with Crippen LogP contribution in [0, 0.1) is 6.92 Å². The number of nitrogens with zero attached hydrogens (tertiary/aromatic N) is 1. The fraction of sp³-hybridized carbons (Fsp3) is 0.438. The van der Waals surface area contributed by atoms with Gasteiger partial charge in [0.1, 0.15) is 36.2 Å². The molecule has 3 aromatic rings. The van der Waals surface area contributed by atoms with Crippen molar-refractivity contribution in [2.24, 2.45) is 0 Å². The topological polar surface area (TPSA) is 72.4 Å². The molecule has 1 aliphatic rings. The van der Waals surface area contributed by atoms with E-state index in [1.165, 1.54) is 37.9 Å². The third kappa shape index (κ3) is 7.88. The number of hydrogen-bond acceptors (Lipinski definition) is 7. The van der Waals surface area contributed by atoms with Gasteiger partial charge in [0.05, 0.1) is 26.4 Å². The van der Waals surface area contributed by atoms with Crippen LogP contribution in [0.25, 0.3) is 11.1 Å². The number of piperidine rings is 1. The van der Waals surface area contributed by atoms with Crippen molar-refractivity contribution in [2.45, 2.75) is 39.3 Å². The molecule has 7 nitrogen and oxygen atoms in total. The molecule has 1 heterocycles. The van der Waals surface area contributed by atoms with Crippen LogP contribution in [0.4, 0.5) is 0 Å². The molecule has 0 unspecified atom stereocenters. The molecule has 3 aromatic carbocycles. The summed E-state index contributed by atoms with van der Waals surface area (Å²) >= 11 is 0. The molecule has 0 atom stereocenters. The highest BCUT2D eigenvalue weighted by atomic mass is 16.5. The van der Waals surface area contributed by atoms with Gasteiger partial charge in [-0.25, -0.2) is 0 Å². The van der Waals surface area contributed by atoms with E-state index >= 15 is 0 Å². The summed E-state index contributed by atoms with van der Waals surface area (Å²) in [5.41, 5.74) is 5.46. The van der Waals surface area contributed by atoms with Gasteiger partial charge < -0.3 is 29.4 Å². The van der Waals surface area contributed by atoms with Gasteiger partial charge >= 0.3 is 0 Å². The molecule has 4 rings (SSSR count). The van der Waals surface area contributed by atoms with Gasteiger partial charge in [-0.2, -0.15) is 0 Å². The smallest absolute Gasteiger partial charge is 0.130 e. The van der Waals surface area contributed by atoms with Crippen LogP contribution >= 0.6 is 0 Å². The molecule has 0 aromatic heterocycles. The van der Waals surface area contributed by atoms with E-state index in [0.717, 1.165) is 34.5 Å². The highest BCUT2D eigenvalue weighted by Crippen LogP contribution is 2.35. The first-order valence-electron chi connectivity index (χ1n) is 13.9. The standard InChI is InChI=1S/C32H42N2O5/c1-24-26(23-39-28-20-31(36-2)30(22-33-13-17-35)32(21-28)37-3)10-8-12-29(24)25-9-7-11-27(19-25)38-18-16-34-14-5-4-6-15-34/h7-12,19-21,33,35H,4-6,13-18,22-23H2,1-3H3. The van der Waals surface area contributed by atoms with Gasteiger partial charge in [-0.3, -0.25) is 4.90 Å². The number of hydrogen-bond donors (Lipinski definition) is 2. The third-order valence-corrected chi connectivity index (χ3v) is 7.28. The lowest BCUT2D eigenvalue weighted by molar-refractivity contribution is 0.183. The van der Waals surface area contributed by atoms with Crippen LogP contribution in [0.2, 0.25) is 0 Å². The molecular formula is C32H42N2O5. The maximum Gasteiger partial charge on any atom is 0.130 e. The minimum absolute atomic E-state index is 0.0697. The molecule has 1 aliphatic heterocycles. The van der Waals surface area contributed by atoms with Crippen molar-refractivity contribution in [3.63, 3.8) is 0 Å². The fourth-order valence-corrected chi connectivity index (χ4v) is 5.05. The Hall–Kier alpha value is -3.26. The first-order chi connectivity index (χ1) is 19.1. The summed E-state index contributed by atoms with van der Waals surface area (Å²) in [6, 6.07) is 18.4. The van der Waals surface area contributed by atoms with Gasteiger partial charge in [0.15, 0.2) is 0 Å². The van der Waals surface area contributed by atoms with Crippen LogP contribution in [-0.4, -0.2) is 63.6 Å². The van der Waals surface area contributed by atoms with Crippen molar-refractivity contribution < 1.29 is 24.1 Å². The van der Waals surface area contributed by atoms with E-state index in [2.05, 4.69) is 53.5 Å². The molecule has 0 amide bonds. The van der Waals surface area contributed by atoms with Gasteiger partial charge in [-0.1, -0.05) is 36.8 Å². The molecule has 0 bridgehead atoms. The van der Waals surface area contributed by atoms with Crippen molar-refractivity contribution in [3.8, 4) is 34.1 Å². The lowest BCUT2D eigenvalue weighted by Gasteiger charge is -2.26. The predicted octanol–water partition coefficient (Wildman–Crippen LogP) is 5.20. The summed E-state index contributed by atoms with van der Waals surface area (Å²) in [7, 11) is 3.26. The molecule has 1 fully saturated rings. The molecule has 1 saturated heterocycles. The lowest BCUT2D eigenvalue weighted by atomic mass is 9.96. The molecular weight excluding hydrogens is 492 g/mol. The number of benzene rings is 3. The summed E-state index contributed by atoms with van der Waals surface area (Å²) in [5.74, 6) is 2.93. The van der Waals surface area contributed by atoms with Gasteiger partial charge in [0.25, 0.3) is 0 Å². The van der Waals surface area contributed by atoms with E-state index in [1.807, 2.05) is 18.2 Å². The summed E-state index contributed by atoms with van der Waals surface area (Å²) in [5, 5.41) is 12.2. The number of ether oxygens (including phenoxy) is 4. The van der Waals surface area contributed by atoms with Gasteiger partial charge in [0, 0.05) is 31.8 Å². The van der Waals surface area contributed by atoms with E-state index in [1.54, 1.807) is 14.2 Å². The van der Waals surface area contributed by atoms with Crippen LogP contribution in [0.3, 0.4) is 0 Å². The Morgan fingerprint density at radius 2 is 1.62 bits per heavy atom. The van der Waals surface area contributed by atoms with Crippen LogP contribution in [0.1, 0.15) is 36.0 Å². The lowest BCUT2D eigenvalue weighted by Crippen LogP contribution is -2.33. The predicted molar refractivity (Wildman–Crippen MR) is 155 cm³/mol. The zero-order chi connectivity index (χ0) is 27.5. The Balaban J connectivity index is 1.43. The van der Waals surface area contributed by atoms with E-state index in [-0.39, 0.29) is 6.61 Å². The number of aliphatic hydroxyl groups excluding tert-OH is 1. The SMILES string of the molecule is COc1cc(OCc2cccc(-c3cccc(OCCN4CCCCC4)c3)c2C)cc(OC)c1CNCCO. The summed E-state index contributed by atoms with van der Waals surface area (Å²) in [4.78, 5) is 2.49. The van der Waals surface area contributed by atoms with Crippen molar-refractivity contribution in [3.05, 3.63) is 71.3 Å². The highest BCUT2D eigenvalue weighted by Gasteiger charge is 2.15. The number of aliphatic hydroxyl groups is 1. The Morgan fingerprint density at radius 3 is 2.33 bits per heavy atom. The molecule has 0 spiro atoms. The Morgan fingerprint density at radius 1 is 0.872 bits per heavy atom. The second-order valence-corrected chi connectivity index (χ2v) is 9.86. The average molecular weight is 535 g/mol. The zero-order valence-electron chi connectivity index (χ0n) is 23.5. The van der Waals surface area contributed by atoms with Crippen LogP contribution in [0.5, 0.6) is 23.0 Å². The maximum atomic E-state index is 9.07. The monoisotopic (exact) mass is 534 g/mol. The second kappa shape index (κ2) is 14.8. The van der Waals surface area contributed by atoms with Crippen molar-refractivity contribution in [1.29, 1.82) is 0 Å². The Kier molecular flexibility index (Phi) is 10.9. The quantitative estimate of drug-likeness (QED) is 0.275. The molecule has 2 N–H and O–H groups in total. The zero-order valence-corrected chi connectivity index (χ0v) is 23.5. The first-order valence-corrected chi connectivity index (χ1v) is 13.9. The Labute approximate surface area is 232 Å². The molecule has 39 heavy (non-hydrogen) atoms. The molecule has 0 saturated carbocycles. The van der Waals surface area contributed by atoms with Gasteiger partial charge in [-0.05, 0) is 67.2 Å². The third-order valence-electron chi connectivity index (χ3n) is 7.28. The van der Waals surface area contributed by atoms with E-state index < -0.39 is 0 Å².